The zero-order chi connectivity index (χ0) is 17.5. The fourth-order valence-corrected chi connectivity index (χ4v) is 3.01. The van der Waals surface area contributed by atoms with Gasteiger partial charge in [-0.05, 0) is 16.7 Å². The Morgan fingerprint density at radius 3 is 1.52 bits per heavy atom. The summed E-state index contributed by atoms with van der Waals surface area (Å²) in [5.41, 5.74) is 3.20. The van der Waals surface area contributed by atoms with Crippen LogP contribution in [0.1, 0.15) is 35.2 Å². The van der Waals surface area contributed by atoms with Gasteiger partial charge in [-0.3, -0.25) is 10.1 Å². The molecule has 0 heterocycles. The minimum Gasteiger partial charge on any atom is -0.481 e. The highest BCUT2D eigenvalue weighted by Gasteiger charge is 2.22. The van der Waals surface area contributed by atoms with E-state index in [-0.39, 0.29) is 18.5 Å². The van der Waals surface area contributed by atoms with Crippen LogP contribution in [0.4, 0.5) is 0 Å². The molecule has 3 aromatic rings. The number of carboxylic acids is 1. The van der Waals surface area contributed by atoms with Crippen molar-refractivity contribution in [1.82, 2.24) is 5.32 Å². The molecule has 0 aliphatic carbocycles. The van der Waals surface area contributed by atoms with Crippen LogP contribution < -0.4 is 5.32 Å². The van der Waals surface area contributed by atoms with Gasteiger partial charge in [-0.1, -0.05) is 91.0 Å². The Morgan fingerprint density at radius 2 is 1.12 bits per heavy atom. The summed E-state index contributed by atoms with van der Waals surface area (Å²) >= 11 is 0. The molecule has 3 nitrogen and oxygen atoms in total. The van der Waals surface area contributed by atoms with Crippen LogP contribution in [0.2, 0.25) is 0 Å². The number of aliphatic carboxylic acids is 1. The normalized spacial score (nSPS) is 12.0. The van der Waals surface area contributed by atoms with Crippen LogP contribution in [0.5, 0.6) is 0 Å². The van der Waals surface area contributed by atoms with Crippen molar-refractivity contribution in [3.05, 3.63) is 108 Å². The Hall–Kier alpha value is -2.91. The van der Waals surface area contributed by atoms with Crippen LogP contribution in [0, 0.1) is 0 Å². The molecule has 0 spiro atoms. The van der Waals surface area contributed by atoms with Crippen molar-refractivity contribution in [2.24, 2.45) is 0 Å². The molecule has 3 aromatic carbocycles. The minimum absolute atomic E-state index is 0.0280. The van der Waals surface area contributed by atoms with Crippen LogP contribution in [0.3, 0.4) is 0 Å². The minimum atomic E-state index is -0.818. The summed E-state index contributed by atoms with van der Waals surface area (Å²) in [5.74, 6) is -0.818. The Kier molecular flexibility index (Phi) is 5.60. The zero-order valence-corrected chi connectivity index (χ0v) is 13.9. The summed E-state index contributed by atoms with van der Waals surface area (Å²) in [7, 11) is 0. The van der Waals surface area contributed by atoms with Crippen molar-refractivity contribution in [2.45, 2.75) is 18.5 Å². The molecule has 0 amide bonds. The third-order valence-electron chi connectivity index (χ3n) is 4.21. The van der Waals surface area contributed by atoms with E-state index in [1.54, 1.807) is 0 Å². The summed E-state index contributed by atoms with van der Waals surface area (Å²) in [5, 5.41) is 12.9. The molecular formula is C22H21NO2. The van der Waals surface area contributed by atoms with Crippen molar-refractivity contribution in [1.29, 1.82) is 0 Å². The van der Waals surface area contributed by atoms with Gasteiger partial charge in [-0.25, -0.2) is 0 Å². The standard InChI is InChI=1S/C22H21NO2/c24-21(25)16-20(17-10-4-1-5-11-17)23-22(18-12-6-2-7-13-18)19-14-8-3-9-15-19/h1-15,20,22-23H,16H2,(H,24,25)/t20-/m1/s1. The summed E-state index contributed by atoms with van der Waals surface area (Å²) in [6.07, 6.45) is 0.0280. The fourth-order valence-electron chi connectivity index (χ4n) is 3.01. The lowest BCUT2D eigenvalue weighted by molar-refractivity contribution is -0.137. The lowest BCUT2D eigenvalue weighted by Gasteiger charge is -2.26. The molecule has 25 heavy (non-hydrogen) atoms. The first-order valence-corrected chi connectivity index (χ1v) is 8.36. The number of hydrogen-bond donors (Lipinski definition) is 2. The second-order valence-corrected chi connectivity index (χ2v) is 5.98. The van der Waals surface area contributed by atoms with Crippen LogP contribution in [0.15, 0.2) is 91.0 Å². The summed E-state index contributed by atoms with van der Waals surface area (Å²) < 4.78 is 0. The lowest BCUT2D eigenvalue weighted by atomic mass is 9.95. The van der Waals surface area contributed by atoms with Crippen LogP contribution in [0.25, 0.3) is 0 Å². The van der Waals surface area contributed by atoms with Gasteiger partial charge in [0.05, 0.1) is 12.5 Å². The molecule has 1 atom stereocenters. The second-order valence-electron chi connectivity index (χ2n) is 5.98. The monoisotopic (exact) mass is 331 g/mol. The highest BCUT2D eigenvalue weighted by Crippen LogP contribution is 2.27. The molecule has 0 aliphatic rings. The Bertz CT molecular complexity index is 749. The number of hydrogen-bond acceptors (Lipinski definition) is 2. The molecule has 0 bridgehead atoms. The van der Waals surface area contributed by atoms with Gasteiger partial charge >= 0.3 is 5.97 Å². The smallest absolute Gasteiger partial charge is 0.305 e. The number of rotatable bonds is 7. The van der Waals surface area contributed by atoms with E-state index in [0.717, 1.165) is 16.7 Å². The number of nitrogens with one attached hydrogen (secondary N) is 1. The SMILES string of the molecule is O=C(O)C[C@@H](NC(c1ccccc1)c1ccccc1)c1ccccc1. The third kappa shape index (κ3) is 4.55. The van der Waals surface area contributed by atoms with E-state index < -0.39 is 5.97 Å². The molecule has 0 aliphatic heterocycles. The van der Waals surface area contributed by atoms with Gasteiger partial charge in [-0.15, -0.1) is 0 Å². The van der Waals surface area contributed by atoms with E-state index in [1.807, 2.05) is 66.7 Å². The Morgan fingerprint density at radius 1 is 0.720 bits per heavy atom. The molecule has 3 heteroatoms. The molecule has 2 N–H and O–H groups in total. The third-order valence-corrected chi connectivity index (χ3v) is 4.21. The van der Waals surface area contributed by atoms with Crippen molar-refractivity contribution in [3.63, 3.8) is 0 Å². The first-order valence-electron chi connectivity index (χ1n) is 8.36. The summed E-state index contributed by atoms with van der Waals surface area (Å²) in [4.78, 5) is 11.4. The molecule has 0 saturated heterocycles. The van der Waals surface area contributed by atoms with Gasteiger partial charge in [-0.2, -0.15) is 0 Å². The predicted octanol–water partition coefficient (Wildman–Crippen LogP) is 4.58. The van der Waals surface area contributed by atoms with E-state index in [2.05, 4.69) is 29.6 Å². The second kappa shape index (κ2) is 8.27. The first-order chi connectivity index (χ1) is 12.2. The average molecular weight is 331 g/mol. The highest BCUT2D eigenvalue weighted by atomic mass is 16.4. The molecular weight excluding hydrogens is 310 g/mol. The maximum Gasteiger partial charge on any atom is 0.305 e. The van der Waals surface area contributed by atoms with E-state index >= 15 is 0 Å². The molecule has 0 unspecified atom stereocenters. The first kappa shape index (κ1) is 16.9. The van der Waals surface area contributed by atoms with E-state index in [9.17, 15) is 9.90 Å². The van der Waals surface area contributed by atoms with Crippen molar-refractivity contribution >= 4 is 5.97 Å². The zero-order valence-electron chi connectivity index (χ0n) is 13.9. The number of benzene rings is 3. The fraction of sp³-hybridized carbons (Fsp3) is 0.136. The molecule has 126 valence electrons. The van der Waals surface area contributed by atoms with E-state index in [4.69, 9.17) is 0 Å². The predicted molar refractivity (Wildman–Crippen MR) is 99.3 cm³/mol. The van der Waals surface area contributed by atoms with Gasteiger partial charge in [0.2, 0.25) is 0 Å². The van der Waals surface area contributed by atoms with Gasteiger partial charge in [0.1, 0.15) is 0 Å². The van der Waals surface area contributed by atoms with E-state index in [0.29, 0.717) is 0 Å². The van der Waals surface area contributed by atoms with Gasteiger partial charge in [0, 0.05) is 6.04 Å². The van der Waals surface area contributed by atoms with Gasteiger partial charge in [0.25, 0.3) is 0 Å². The summed E-state index contributed by atoms with van der Waals surface area (Å²) in [6.45, 7) is 0. The molecule has 0 aromatic heterocycles. The molecule has 0 radical (unpaired) electrons. The largest absolute Gasteiger partial charge is 0.481 e. The quantitative estimate of drug-likeness (QED) is 0.666. The van der Waals surface area contributed by atoms with Crippen LogP contribution in [-0.2, 0) is 4.79 Å². The van der Waals surface area contributed by atoms with Gasteiger partial charge < -0.3 is 5.11 Å². The Balaban J connectivity index is 1.96. The van der Waals surface area contributed by atoms with Gasteiger partial charge in [0.15, 0.2) is 0 Å². The molecule has 0 fully saturated rings. The topological polar surface area (TPSA) is 49.3 Å². The highest BCUT2D eigenvalue weighted by molar-refractivity contribution is 5.68. The number of carboxylic acid groups (broad SMARTS) is 1. The average Bonchev–Trinajstić information content (AvgIpc) is 2.67. The van der Waals surface area contributed by atoms with Crippen LogP contribution in [-0.4, -0.2) is 11.1 Å². The van der Waals surface area contributed by atoms with Crippen LogP contribution >= 0.6 is 0 Å². The maximum atomic E-state index is 11.4. The number of carbonyl (C=O) groups is 1. The van der Waals surface area contributed by atoms with Crippen molar-refractivity contribution in [2.75, 3.05) is 0 Å². The Labute approximate surface area is 148 Å². The molecule has 3 rings (SSSR count). The molecule has 0 saturated carbocycles. The van der Waals surface area contributed by atoms with Crippen molar-refractivity contribution in [3.8, 4) is 0 Å². The van der Waals surface area contributed by atoms with E-state index in [1.165, 1.54) is 0 Å². The summed E-state index contributed by atoms with van der Waals surface area (Å²) in [6, 6.07) is 29.6. The van der Waals surface area contributed by atoms with Crippen molar-refractivity contribution < 1.29 is 9.90 Å². The lowest BCUT2D eigenvalue weighted by Crippen LogP contribution is -2.29. The maximum absolute atomic E-state index is 11.4.